The van der Waals surface area contributed by atoms with Crippen molar-refractivity contribution >= 4 is 5.78 Å². The Labute approximate surface area is 155 Å². The lowest BCUT2D eigenvalue weighted by Gasteiger charge is -2.11. The minimum absolute atomic E-state index is 0.0607. The number of aromatic hydroxyl groups is 1. The molecule has 0 radical (unpaired) electrons. The van der Waals surface area contributed by atoms with Crippen molar-refractivity contribution in [3.8, 4) is 11.5 Å². The van der Waals surface area contributed by atoms with Crippen molar-refractivity contribution in [2.45, 2.75) is 51.6 Å². The number of aliphatic hydroxyl groups is 1. The second-order valence-corrected chi connectivity index (χ2v) is 6.57. The van der Waals surface area contributed by atoms with E-state index in [1.54, 1.807) is 18.2 Å². The molecule has 0 saturated carbocycles. The molecule has 2 rings (SSSR count). The van der Waals surface area contributed by atoms with Gasteiger partial charge in [0.2, 0.25) is 0 Å². The van der Waals surface area contributed by atoms with Crippen LogP contribution >= 0.6 is 0 Å². The van der Waals surface area contributed by atoms with Gasteiger partial charge < -0.3 is 14.9 Å². The van der Waals surface area contributed by atoms with Gasteiger partial charge in [-0.05, 0) is 36.1 Å². The molecule has 0 amide bonds. The van der Waals surface area contributed by atoms with E-state index in [0.717, 1.165) is 18.4 Å². The Bertz CT molecular complexity index is 682. The number of hydrogen-bond donors (Lipinski definition) is 2. The lowest BCUT2D eigenvalue weighted by molar-refractivity contribution is -0.121. The summed E-state index contributed by atoms with van der Waals surface area (Å²) >= 11 is 0. The van der Waals surface area contributed by atoms with Gasteiger partial charge in [-0.2, -0.15) is 0 Å². The number of phenols is 1. The first kappa shape index (κ1) is 20.0. The van der Waals surface area contributed by atoms with E-state index in [1.165, 1.54) is 5.56 Å². The predicted molar refractivity (Wildman–Crippen MR) is 103 cm³/mol. The normalized spacial score (nSPS) is 11.9. The molecule has 2 aromatic carbocycles. The lowest BCUT2D eigenvalue weighted by atomic mass is 10.0. The van der Waals surface area contributed by atoms with Crippen molar-refractivity contribution in [3.63, 3.8) is 0 Å². The topological polar surface area (TPSA) is 66.8 Å². The number of rotatable bonds is 11. The number of Topliss-reactive ketones (excluding diaryl/α,β-unsaturated/α-hetero) is 1. The maximum absolute atomic E-state index is 11.9. The SMILES string of the molecule is CCCC(O)CC(=O)CCc1ccc(O)c(OCCc2ccccc2)c1. The van der Waals surface area contributed by atoms with Gasteiger partial charge in [0.15, 0.2) is 11.5 Å². The summed E-state index contributed by atoms with van der Waals surface area (Å²) < 4.78 is 5.71. The molecular formula is C22H28O4. The Balaban J connectivity index is 1.83. The number of hydrogen-bond acceptors (Lipinski definition) is 4. The van der Waals surface area contributed by atoms with Gasteiger partial charge in [-0.25, -0.2) is 0 Å². The fraction of sp³-hybridized carbons (Fsp3) is 0.409. The molecule has 2 aromatic rings. The Kier molecular flexibility index (Phi) is 8.16. The molecule has 0 spiro atoms. The van der Waals surface area contributed by atoms with Crippen LogP contribution in [0.3, 0.4) is 0 Å². The molecule has 1 atom stereocenters. The van der Waals surface area contributed by atoms with Crippen molar-refractivity contribution in [1.29, 1.82) is 0 Å². The molecule has 4 nitrogen and oxygen atoms in total. The average Bonchev–Trinajstić information content (AvgIpc) is 2.63. The predicted octanol–water partition coefficient (Wildman–Crippen LogP) is 4.07. The maximum Gasteiger partial charge on any atom is 0.161 e. The van der Waals surface area contributed by atoms with E-state index in [2.05, 4.69) is 0 Å². The van der Waals surface area contributed by atoms with Crippen LogP contribution in [0.4, 0.5) is 0 Å². The van der Waals surface area contributed by atoms with Crippen molar-refractivity contribution in [2.24, 2.45) is 0 Å². The molecule has 0 aliphatic heterocycles. The monoisotopic (exact) mass is 356 g/mol. The number of ether oxygens (including phenoxy) is 1. The summed E-state index contributed by atoms with van der Waals surface area (Å²) in [4.78, 5) is 11.9. The summed E-state index contributed by atoms with van der Waals surface area (Å²) in [5, 5.41) is 19.7. The molecule has 26 heavy (non-hydrogen) atoms. The summed E-state index contributed by atoms with van der Waals surface area (Å²) in [5.41, 5.74) is 2.12. The minimum atomic E-state index is -0.538. The van der Waals surface area contributed by atoms with Crippen molar-refractivity contribution in [3.05, 3.63) is 59.7 Å². The molecule has 0 aliphatic carbocycles. The van der Waals surface area contributed by atoms with Gasteiger partial charge in [-0.15, -0.1) is 0 Å². The van der Waals surface area contributed by atoms with Gasteiger partial charge in [0.05, 0.1) is 12.7 Å². The fourth-order valence-electron chi connectivity index (χ4n) is 2.84. The van der Waals surface area contributed by atoms with Crippen LogP contribution in [0, 0.1) is 0 Å². The first-order valence-corrected chi connectivity index (χ1v) is 9.27. The summed E-state index contributed by atoms with van der Waals surface area (Å²) in [5.74, 6) is 0.606. The highest BCUT2D eigenvalue weighted by molar-refractivity contribution is 5.79. The quantitative estimate of drug-likeness (QED) is 0.637. The highest BCUT2D eigenvalue weighted by Gasteiger charge is 2.11. The molecule has 2 N–H and O–H groups in total. The molecule has 140 valence electrons. The van der Waals surface area contributed by atoms with E-state index in [0.29, 0.717) is 31.6 Å². The third-order valence-corrected chi connectivity index (χ3v) is 4.29. The minimum Gasteiger partial charge on any atom is -0.504 e. The fourth-order valence-corrected chi connectivity index (χ4v) is 2.84. The number of aryl methyl sites for hydroxylation is 1. The highest BCUT2D eigenvalue weighted by Crippen LogP contribution is 2.27. The summed E-state index contributed by atoms with van der Waals surface area (Å²) in [7, 11) is 0. The van der Waals surface area contributed by atoms with Gasteiger partial charge in [0.25, 0.3) is 0 Å². The van der Waals surface area contributed by atoms with Gasteiger partial charge in [-0.3, -0.25) is 4.79 Å². The van der Waals surface area contributed by atoms with E-state index in [-0.39, 0.29) is 18.0 Å². The third-order valence-electron chi connectivity index (χ3n) is 4.29. The van der Waals surface area contributed by atoms with Crippen LogP contribution < -0.4 is 4.74 Å². The largest absolute Gasteiger partial charge is 0.504 e. The van der Waals surface area contributed by atoms with Crippen LogP contribution in [-0.4, -0.2) is 28.7 Å². The summed E-state index contributed by atoms with van der Waals surface area (Å²) in [6, 6.07) is 15.2. The Hall–Kier alpha value is -2.33. The number of benzene rings is 2. The Morgan fingerprint density at radius 3 is 2.58 bits per heavy atom. The molecule has 0 bridgehead atoms. The zero-order valence-corrected chi connectivity index (χ0v) is 15.4. The van der Waals surface area contributed by atoms with Gasteiger partial charge in [0, 0.05) is 19.3 Å². The van der Waals surface area contributed by atoms with Crippen LogP contribution in [-0.2, 0) is 17.6 Å². The van der Waals surface area contributed by atoms with Gasteiger partial charge in [-0.1, -0.05) is 49.7 Å². The lowest BCUT2D eigenvalue weighted by Crippen LogP contribution is -2.13. The molecule has 0 saturated heterocycles. The Morgan fingerprint density at radius 2 is 1.85 bits per heavy atom. The van der Waals surface area contributed by atoms with Crippen LogP contribution in [0.25, 0.3) is 0 Å². The van der Waals surface area contributed by atoms with E-state index < -0.39 is 6.10 Å². The van der Waals surface area contributed by atoms with E-state index >= 15 is 0 Å². The molecule has 0 heterocycles. The second-order valence-electron chi connectivity index (χ2n) is 6.57. The van der Waals surface area contributed by atoms with Crippen molar-refractivity contribution < 1.29 is 19.7 Å². The second kappa shape index (κ2) is 10.6. The number of phenolic OH excluding ortho intramolecular Hbond substituents is 1. The number of carbonyl (C=O) groups is 1. The summed E-state index contributed by atoms with van der Waals surface area (Å²) in [6.45, 7) is 2.46. The zero-order valence-electron chi connectivity index (χ0n) is 15.4. The maximum atomic E-state index is 11.9. The number of aliphatic hydroxyl groups excluding tert-OH is 1. The molecule has 0 aliphatic rings. The smallest absolute Gasteiger partial charge is 0.161 e. The van der Waals surface area contributed by atoms with Gasteiger partial charge >= 0.3 is 0 Å². The van der Waals surface area contributed by atoms with E-state index in [1.807, 2.05) is 37.3 Å². The number of ketones is 1. The zero-order chi connectivity index (χ0) is 18.8. The standard InChI is InChI=1S/C22H28O4/c1-2-6-19(23)16-20(24)11-9-18-10-12-21(25)22(15-18)26-14-13-17-7-4-3-5-8-17/h3-5,7-8,10,12,15,19,23,25H,2,6,9,11,13-14,16H2,1H3. The van der Waals surface area contributed by atoms with Gasteiger partial charge in [0.1, 0.15) is 5.78 Å². The first-order valence-electron chi connectivity index (χ1n) is 9.27. The molecule has 1 unspecified atom stereocenters. The van der Waals surface area contributed by atoms with E-state index in [9.17, 15) is 15.0 Å². The molecule has 4 heteroatoms. The average molecular weight is 356 g/mol. The molecule has 0 fully saturated rings. The van der Waals surface area contributed by atoms with Crippen LogP contribution in [0.15, 0.2) is 48.5 Å². The van der Waals surface area contributed by atoms with Crippen LogP contribution in [0.2, 0.25) is 0 Å². The Morgan fingerprint density at radius 1 is 1.08 bits per heavy atom. The van der Waals surface area contributed by atoms with E-state index in [4.69, 9.17) is 4.74 Å². The van der Waals surface area contributed by atoms with Crippen molar-refractivity contribution in [1.82, 2.24) is 0 Å². The summed E-state index contributed by atoms with van der Waals surface area (Å²) in [6.07, 6.45) is 2.93. The highest BCUT2D eigenvalue weighted by atomic mass is 16.5. The molecule has 0 aromatic heterocycles. The first-order chi connectivity index (χ1) is 12.6. The number of carbonyl (C=O) groups excluding carboxylic acids is 1. The van der Waals surface area contributed by atoms with Crippen LogP contribution in [0.1, 0.15) is 43.7 Å². The van der Waals surface area contributed by atoms with Crippen LogP contribution in [0.5, 0.6) is 11.5 Å². The van der Waals surface area contributed by atoms with Crippen molar-refractivity contribution in [2.75, 3.05) is 6.61 Å². The third kappa shape index (κ3) is 6.89. The molecular weight excluding hydrogens is 328 g/mol.